The lowest BCUT2D eigenvalue weighted by molar-refractivity contribution is -0.137. The summed E-state index contributed by atoms with van der Waals surface area (Å²) in [6.45, 7) is 7.34. The summed E-state index contributed by atoms with van der Waals surface area (Å²) in [6.07, 6.45) is 5.85. The number of aliphatic hydroxyl groups is 1. The lowest BCUT2D eigenvalue weighted by atomic mass is 9.94. The number of ether oxygens (including phenoxy) is 1. The van der Waals surface area contributed by atoms with Crippen molar-refractivity contribution in [2.75, 3.05) is 13.2 Å². The zero-order valence-corrected chi connectivity index (χ0v) is 18.7. The summed E-state index contributed by atoms with van der Waals surface area (Å²) in [5.74, 6) is -0.785. The maximum absolute atomic E-state index is 15.1. The van der Waals surface area contributed by atoms with E-state index in [4.69, 9.17) is 4.74 Å². The van der Waals surface area contributed by atoms with Crippen molar-refractivity contribution in [2.24, 2.45) is 0 Å². The molecule has 0 saturated carbocycles. The Morgan fingerprint density at radius 1 is 0.879 bits per heavy atom. The minimum Gasteiger partial charge on any atom is -0.462 e. The van der Waals surface area contributed by atoms with Crippen molar-refractivity contribution in [2.45, 2.75) is 25.7 Å². The van der Waals surface area contributed by atoms with Gasteiger partial charge in [0.2, 0.25) is 0 Å². The maximum Gasteiger partial charge on any atom is 0.330 e. The van der Waals surface area contributed by atoms with E-state index in [1.54, 1.807) is 12.1 Å². The van der Waals surface area contributed by atoms with Gasteiger partial charge >= 0.3 is 5.97 Å². The first kappa shape index (κ1) is 24.1. The molecule has 0 spiro atoms. The number of halogens is 1. The average Bonchev–Trinajstić information content (AvgIpc) is 2.84. The lowest BCUT2D eigenvalue weighted by Crippen LogP contribution is -2.07. The van der Waals surface area contributed by atoms with Crippen molar-refractivity contribution in [1.82, 2.24) is 0 Å². The molecule has 0 fully saturated rings. The summed E-state index contributed by atoms with van der Waals surface area (Å²) in [4.78, 5) is 11.3. The van der Waals surface area contributed by atoms with E-state index < -0.39 is 5.97 Å². The van der Waals surface area contributed by atoms with Crippen molar-refractivity contribution in [3.05, 3.63) is 108 Å². The van der Waals surface area contributed by atoms with Crippen LogP contribution in [-0.2, 0) is 28.8 Å². The normalized spacial score (nSPS) is 10.6. The molecular weight excluding hydrogens is 415 g/mol. The average molecular weight is 445 g/mol. The van der Waals surface area contributed by atoms with Crippen molar-refractivity contribution < 1.29 is 19.0 Å². The van der Waals surface area contributed by atoms with E-state index >= 15 is 4.39 Å². The minimum absolute atomic E-state index is 0.00816. The summed E-state index contributed by atoms with van der Waals surface area (Å²) < 4.78 is 20.2. The van der Waals surface area contributed by atoms with Crippen LogP contribution in [0.2, 0.25) is 0 Å². The van der Waals surface area contributed by atoms with E-state index in [9.17, 15) is 9.90 Å². The van der Waals surface area contributed by atoms with Gasteiger partial charge in [-0.1, -0.05) is 67.3 Å². The highest BCUT2D eigenvalue weighted by Crippen LogP contribution is 2.30. The van der Waals surface area contributed by atoms with Crippen LogP contribution >= 0.6 is 0 Å². The fraction of sp³-hybridized carbons (Fsp3) is 0.207. The summed E-state index contributed by atoms with van der Waals surface area (Å²) in [7, 11) is 0. The van der Waals surface area contributed by atoms with Crippen LogP contribution in [-0.4, -0.2) is 24.3 Å². The fourth-order valence-corrected chi connectivity index (χ4v) is 3.77. The second-order valence-corrected chi connectivity index (χ2v) is 7.80. The Labute approximate surface area is 194 Å². The molecule has 3 aromatic carbocycles. The molecule has 0 radical (unpaired) electrons. The molecular formula is C29H29FO3. The molecule has 0 unspecified atom stereocenters. The zero-order valence-electron chi connectivity index (χ0n) is 18.7. The largest absolute Gasteiger partial charge is 0.462 e. The van der Waals surface area contributed by atoms with Gasteiger partial charge in [-0.05, 0) is 58.7 Å². The van der Waals surface area contributed by atoms with E-state index in [2.05, 4.69) is 25.3 Å². The van der Waals surface area contributed by atoms with E-state index in [0.29, 0.717) is 18.4 Å². The standard InChI is InChI=1S/C29H29FO3/c1-3-5-6-21-7-9-22(10-8-21)24-13-14-27(28(30)20-24)26-12-11-23(15-17-31)25(19-26)16-18-33-29(32)4-2/h3-4,7-14,19-20,31H,1-2,5-6,15-18H2. The number of esters is 1. The topological polar surface area (TPSA) is 46.5 Å². The van der Waals surface area contributed by atoms with Gasteiger partial charge < -0.3 is 9.84 Å². The number of carbonyl (C=O) groups excluding carboxylic acids is 1. The third-order valence-corrected chi connectivity index (χ3v) is 5.57. The van der Waals surface area contributed by atoms with Crippen LogP contribution in [0.25, 0.3) is 22.3 Å². The highest BCUT2D eigenvalue weighted by atomic mass is 19.1. The van der Waals surface area contributed by atoms with Crippen LogP contribution in [0.3, 0.4) is 0 Å². The third kappa shape index (κ3) is 6.50. The number of rotatable bonds is 11. The third-order valence-electron chi connectivity index (χ3n) is 5.57. The Balaban J connectivity index is 1.83. The van der Waals surface area contributed by atoms with Crippen molar-refractivity contribution in [3.63, 3.8) is 0 Å². The highest BCUT2D eigenvalue weighted by Gasteiger charge is 2.11. The van der Waals surface area contributed by atoms with Crippen LogP contribution in [0.5, 0.6) is 0 Å². The Hall–Kier alpha value is -3.50. The van der Waals surface area contributed by atoms with Crippen molar-refractivity contribution >= 4 is 5.97 Å². The molecule has 0 atom stereocenters. The lowest BCUT2D eigenvalue weighted by Gasteiger charge is -2.13. The van der Waals surface area contributed by atoms with E-state index in [-0.39, 0.29) is 19.0 Å². The molecule has 3 rings (SSSR count). The molecule has 3 nitrogen and oxygen atoms in total. The molecule has 0 aliphatic rings. The summed E-state index contributed by atoms with van der Waals surface area (Å²) in [6, 6.07) is 19.1. The van der Waals surface area contributed by atoms with Gasteiger partial charge in [-0.15, -0.1) is 6.58 Å². The number of hydrogen-bond donors (Lipinski definition) is 1. The first-order valence-corrected chi connectivity index (χ1v) is 11.1. The molecule has 0 amide bonds. The van der Waals surface area contributed by atoms with E-state index in [0.717, 1.165) is 46.7 Å². The molecule has 0 bridgehead atoms. The van der Waals surface area contributed by atoms with Crippen LogP contribution in [0.1, 0.15) is 23.1 Å². The molecule has 0 aromatic heterocycles. The van der Waals surface area contributed by atoms with Gasteiger partial charge in [-0.25, -0.2) is 9.18 Å². The summed E-state index contributed by atoms with van der Waals surface area (Å²) in [5, 5.41) is 9.36. The maximum atomic E-state index is 15.1. The monoisotopic (exact) mass is 444 g/mol. The van der Waals surface area contributed by atoms with Gasteiger partial charge in [0.05, 0.1) is 6.61 Å². The molecule has 4 heteroatoms. The van der Waals surface area contributed by atoms with Gasteiger partial charge in [0.25, 0.3) is 0 Å². The molecule has 3 aromatic rings. The van der Waals surface area contributed by atoms with Gasteiger partial charge in [-0.2, -0.15) is 0 Å². The second-order valence-electron chi connectivity index (χ2n) is 7.80. The molecule has 0 aliphatic heterocycles. The minimum atomic E-state index is -0.481. The molecule has 170 valence electrons. The smallest absolute Gasteiger partial charge is 0.330 e. The zero-order chi connectivity index (χ0) is 23.6. The quantitative estimate of drug-likeness (QED) is 0.221. The van der Waals surface area contributed by atoms with Crippen LogP contribution < -0.4 is 0 Å². The second kappa shape index (κ2) is 11.9. The number of hydrogen-bond acceptors (Lipinski definition) is 3. The van der Waals surface area contributed by atoms with E-state index in [1.165, 1.54) is 5.56 Å². The molecule has 1 N–H and O–H groups in total. The summed E-state index contributed by atoms with van der Waals surface area (Å²) in [5.41, 5.74) is 6.11. The first-order valence-electron chi connectivity index (χ1n) is 11.1. The number of aryl methyl sites for hydroxylation is 1. The first-order chi connectivity index (χ1) is 16.0. The SMILES string of the molecule is C=CCCc1ccc(-c2ccc(-c3ccc(CCO)c(CCOC(=O)C=C)c3)c(F)c2)cc1. The number of benzene rings is 3. The molecule has 33 heavy (non-hydrogen) atoms. The number of allylic oxidation sites excluding steroid dienone is 1. The van der Waals surface area contributed by atoms with Gasteiger partial charge in [0.15, 0.2) is 0 Å². The molecule has 0 heterocycles. The summed E-state index contributed by atoms with van der Waals surface area (Å²) >= 11 is 0. The predicted octanol–water partition coefficient (Wildman–Crippen LogP) is 6.08. The Bertz CT molecular complexity index is 1120. The van der Waals surface area contributed by atoms with Crippen LogP contribution in [0.15, 0.2) is 86.0 Å². The van der Waals surface area contributed by atoms with Crippen LogP contribution in [0.4, 0.5) is 4.39 Å². The Morgan fingerprint density at radius 2 is 1.61 bits per heavy atom. The Morgan fingerprint density at radius 3 is 2.27 bits per heavy atom. The van der Waals surface area contributed by atoms with Gasteiger partial charge in [0.1, 0.15) is 5.82 Å². The Kier molecular flexibility index (Phi) is 8.73. The fourth-order valence-electron chi connectivity index (χ4n) is 3.77. The van der Waals surface area contributed by atoms with Gasteiger partial charge in [0, 0.05) is 24.7 Å². The van der Waals surface area contributed by atoms with Crippen molar-refractivity contribution in [3.8, 4) is 22.3 Å². The molecule has 0 saturated heterocycles. The number of aliphatic hydroxyl groups excluding tert-OH is 1. The molecule has 0 aliphatic carbocycles. The van der Waals surface area contributed by atoms with Crippen LogP contribution in [0, 0.1) is 5.82 Å². The predicted molar refractivity (Wildman–Crippen MR) is 131 cm³/mol. The number of carbonyl (C=O) groups is 1. The van der Waals surface area contributed by atoms with Crippen molar-refractivity contribution in [1.29, 1.82) is 0 Å². The van der Waals surface area contributed by atoms with Gasteiger partial charge in [-0.3, -0.25) is 0 Å². The van der Waals surface area contributed by atoms with E-state index in [1.807, 2.05) is 42.5 Å². The highest BCUT2D eigenvalue weighted by molar-refractivity contribution is 5.81.